The van der Waals surface area contributed by atoms with Gasteiger partial charge in [-0.05, 0) is 27.2 Å². The van der Waals surface area contributed by atoms with Crippen LogP contribution in [0.2, 0.25) is 0 Å². The number of nitrogens with zero attached hydrogens (tertiary/aromatic N) is 1. The molecule has 0 bridgehead atoms. The van der Waals surface area contributed by atoms with E-state index in [4.69, 9.17) is 9.84 Å². The summed E-state index contributed by atoms with van der Waals surface area (Å²) in [6.45, 7) is 11.4. The van der Waals surface area contributed by atoms with Crippen molar-refractivity contribution in [3.05, 3.63) is 0 Å². The smallest absolute Gasteiger partial charge is 0.410 e. The Bertz CT molecular complexity index is 294. The first-order valence-corrected chi connectivity index (χ1v) is 7.07. The third-order valence-electron chi connectivity index (χ3n) is 3.12. The molecule has 0 aromatic carbocycles. The third kappa shape index (κ3) is 5.37. The van der Waals surface area contributed by atoms with Crippen LogP contribution < -0.4 is 5.32 Å². The minimum absolute atomic E-state index is 0.174. The van der Waals surface area contributed by atoms with Gasteiger partial charge in [0.1, 0.15) is 5.60 Å². The van der Waals surface area contributed by atoms with Gasteiger partial charge in [0, 0.05) is 37.7 Å². The molecule has 1 aliphatic heterocycles. The molecule has 5 nitrogen and oxygen atoms in total. The summed E-state index contributed by atoms with van der Waals surface area (Å²) in [6.07, 6.45) is 0.487. The molecule has 0 aliphatic carbocycles. The van der Waals surface area contributed by atoms with Gasteiger partial charge in [-0.3, -0.25) is 0 Å². The molecule has 1 amide bonds. The van der Waals surface area contributed by atoms with Gasteiger partial charge in [0.05, 0.1) is 0 Å². The fourth-order valence-corrected chi connectivity index (χ4v) is 2.27. The molecule has 0 saturated carbocycles. The van der Waals surface area contributed by atoms with E-state index in [9.17, 15) is 4.79 Å². The Hall–Kier alpha value is -0.810. The molecular weight excluding hydrogens is 244 g/mol. The van der Waals surface area contributed by atoms with Gasteiger partial charge in [-0.1, -0.05) is 13.8 Å². The molecule has 0 spiro atoms. The second kappa shape index (κ2) is 6.57. The fourth-order valence-electron chi connectivity index (χ4n) is 2.27. The second-order valence-corrected chi connectivity index (χ2v) is 6.59. The molecule has 1 rings (SSSR count). The molecule has 5 heteroatoms. The van der Waals surface area contributed by atoms with Gasteiger partial charge >= 0.3 is 6.09 Å². The topological polar surface area (TPSA) is 61.8 Å². The van der Waals surface area contributed by atoms with E-state index in [2.05, 4.69) is 19.2 Å². The van der Waals surface area contributed by atoms with Crippen LogP contribution in [0.5, 0.6) is 0 Å². The van der Waals surface area contributed by atoms with Crippen molar-refractivity contribution >= 4 is 6.09 Å². The van der Waals surface area contributed by atoms with Gasteiger partial charge in [0.15, 0.2) is 0 Å². The van der Waals surface area contributed by atoms with E-state index in [0.717, 1.165) is 6.42 Å². The van der Waals surface area contributed by atoms with Crippen LogP contribution in [-0.4, -0.2) is 53.5 Å². The van der Waals surface area contributed by atoms with Crippen LogP contribution in [0, 0.1) is 5.92 Å². The Kier molecular flexibility index (Phi) is 5.62. The summed E-state index contributed by atoms with van der Waals surface area (Å²) in [7, 11) is 0. The number of amides is 1. The first-order chi connectivity index (χ1) is 8.73. The van der Waals surface area contributed by atoms with E-state index in [1.807, 2.05) is 20.8 Å². The van der Waals surface area contributed by atoms with Crippen molar-refractivity contribution in [2.45, 2.75) is 58.7 Å². The zero-order valence-electron chi connectivity index (χ0n) is 12.8. The molecule has 0 aromatic heterocycles. The summed E-state index contributed by atoms with van der Waals surface area (Å²) in [5, 5.41) is 12.6. The van der Waals surface area contributed by atoms with Crippen LogP contribution in [0.4, 0.5) is 4.79 Å². The highest BCUT2D eigenvalue weighted by atomic mass is 16.6. The first-order valence-electron chi connectivity index (χ1n) is 7.07. The van der Waals surface area contributed by atoms with Crippen molar-refractivity contribution in [2.75, 3.05) is 19.7 Å². The predicted molar refractivity (Wildman–Crippen MR) is 75.1 cm³/mol. The number of nitrogens with one attached hydrogen (secondary N) is 1. The maximum absolute atomic E-state index is 11.8. The number of aliphatic hydroxyl groups is 1. The summed E-state index contributed by atoms with van der Waals surface area (Å²) in [5.41, 5.74) is -0.442. The highest BCUT2D eigenvalue weighted by Crippen LogP contribution is 2.23. The molecule has 112 valence electrons. The van der Waals surface area contributed by atoms with Crippen LogP contribution >= 0.6 is 0 Å². The van der Waals surface area contributed by atoms with Crippen molar-refractivity contribution in [2.24, 2.45) is 5.92 Å². The van der Waals surface area contributed by atoms with E-state index >= 15 is 0 Å². The molecular formula is C14H28N2O3. The molecule has 2 N–H and O–H groups in total. The average molecular weight is 272 g/mol. The van der Waals surface area contributed by atoms with Crippen molar-refractivity contribution < 1.29 is 14.6 Å². The maximum atomic E-state index is 11.8. The molecule has 19 heavy (non-hydrogen) atoms. The quantitative estimate of drug-likeness (QED) is 0.798. The first kappa shape index (κ1) is 16.2. The number of rotatable bonds is 5. The number of hydrogen-bond acceptors (Lipinski definition) is 4. The molecule has 0 radical (unpaired) electrons. The molecule has 1 fully saturated rings. The van der Waals surface area contributed by atoms with Gasteiger partial charge in [-0.25, -0.2) is 4.79 Å². The highest BCUT2D eigenvalue weighted by Gasteiger charge is 2.37. The Morgan fingerprint density at radius 3 is 2.42 bits per heavy atom. The number of aliphatic hydroxyl groups excluding tert-OH is 1. The van der Waals surface area contributed by atoms with E-state index in [1.165, 1.54) is 0 Å². The number of ether oxygens (including phenoxy) is 1. The van der Waals surface area contributed by atoms with Gasteiger partial charge in [0.25, 0.3) is 0 Å². The molecule has 1 atom stereocenters. The lowest BCUT2D eigenvalue weighted by atomic mass is 9.89. The minimum Gasteiger partial charge on any atom is -0.444 e. The third-order valence-corrected chi connectivity index (χ3v) is 3.12. The summed E-state index contributed by atoms with van der Waals surface area (Å²) in [5.74, 6) is 0.405. The standard InChI is InChI=1S/C14H28N2O3/c1-10(2)15-12(6-7-17)11-8-16(9-11)13(18)19-14(3,4)5/h10-12,15,17H,6-9H2,1-5H3/t12-/m1/s1. The Morgan fingerprint density at radius 1 is 1.42 bits per heavy atom. The normalized spacial score (nSPS) is 18.4. The fraction of sp³-hybridized carbons (Fsp3) is 0.929. The Balaban J connectivity index is 2.40. The van der Waals surface area contributed by atoms with Crippen LogP contribution in [0.1, 0.15) is 41.0 Å². The van der Waals surface area contributed by atoms with Gasteiger partial charge in [0.2, 0.25) is 0 Å². The lowest BCUT2D eigenvalue weighted by Crippen LogP contribution is -2.59. The van der Waals surface area contributed by atoms with Crippen molar-refractivity contribution in [1.29, 1.82) is 0 Å². The zero-order valence-corrected chi connectivity index (χ0v) is 12.8. The molecule has 1 saturated heterocycles. The monoisotopic (exact) mass is 272 g/mol. The Labute approximate surface area is 116 Å². The maximum Gasteiger partial charge on any atom is 0.410 e. The SMILES string of the molecule is CC(C)N[C@H](CCO)C1CN(C(=O)OC(C)(C)C)C1. The van der Waals surface area contributed by atoms with Crippen LogP contribution in [-0.2, 0) is 4.74 Å². The summed E-state index contributed by atoms with van der Waals surface area (Å²) in [6, 6.07) is 0.649. The van der Waals surface area contributed by atoms with Crippen LogP contribution in [0.3, 0.4) is 0 Å². The lowest BCUT2D eigenvalue weighted by molar-refractivity contribution is -0.00868. The Morgan fingerprint density at radius 2 is 2.00 bits per heavy atom. The lowest BCUT2D eigenvalue weighted by Gasteiger charge is -2.44. The minimum atomic E-state index is -0.442. The van der Waals surface area contributed by atoms with E-state index in [1.54, 1.807) is 4.90 Å². The molecule has 1 heterocycles. The van der Waals surface area contributed by atoms with E-state index in [-0.39, 0.29) is 18.7 Å². The summed E-state index contributed by atoms with van der Waals surface area (Å²) in [4.78, 5) is 13.5. The number of likely N-dealkylation sites (tertiary alicyclic amines) is 1. The predicted octanol–water partition coefficient (Wildman–Crippen LogP) is 1.60. The van der Waals surface area contributed by atoms with E-state index < -0.39 is 5.60 Å². The molecule has 0 unspecified atom stereocenters. The van der Waals surface area contributed by atoms with Crippen molar-refractivity contribution in [1.82, 2.24) is 10.2 Å². The van der Waals surface area contributed by atoms with Crippen LogP contribution in [0.15, 0.2) is 0 Å². The number of hydrogen-bond donors (Lipinski definition) is 2. The average Bonchev–Trinajstić information content (AvgIpc) is 2.10. The molecule has 1 aliphatic rings. The van der Waals surface area contributed by atoms with E-state index in [0.29, 0.717) is 25.0 Å². The number of carbonyl (C=O) groups is 1. The highest BCUT2D eigenvalue weighted by molar-refractivity contribution is 5.69. The van der Waals surface area contributed by atoms with Gasteiger partial charge < -0.3 is 20.1 Å². The van der Waals surface area contributed by atoms with Crippen molar-refractivity contribution in [3.8, 4) is 0 Å². The van der Waals surface area contributed by atoms with Gasteiger partial charge in [-0.2, -0.15) is 0 Å². The second-order valence-electron chi connectivity index (χ2n) is 6.59. The molecule has 0 aromatic rings. The van der Waals surface area contributed by atoms with Crippen molar-refractivity contribution in [3.63, 3.8) is 0 Å². The largest absolute Gasteiger partial charge is 0.444 e. The van der Waals surface area contributed by atoms with Crippen LogP contribution in [0.25, 0.3) is 0 Å². The summed E-state index contributed by atoms with van der Waals surface area (Å²) >= 11 is 0. The number of carbonyl (C=O) groups excluding carboxylic acids is 1. The zero-order chi connectivity index (χ0) is 14.6. The van der Waals surface area contributed by atoms with Gasteiger partial charge in [-0.15, -0.1) is 0 Å². The summed E-state index contributed by atoms with van der Waals surface area (Å²) < 4.78 is 5.33.